The highest BCUT2D eigenvalue weighted by atomic mass is 16.2. The third-order valence-electron chi connectivity index (χ3n) is 5.85. The number of amides is 2. The molecule has 30 heavy (non-hydrogen) atoms. The van der Waals surface area contributed by atoms with Gasteiger partial charge in [-0.2, -0.15) is 5.10 Å². The van der Waals surface area contributed by atoms with Gasteiger partial charge in [0.2, 0.25) is 5.91 Å². The first-order chi connectivity index (χ1) is 14.5. The van der Waals surface area contributed by atoms with E-state index in [0.717, 1.165) is 35.6 Å². The van der Waals surface area contributed by atoms with Gasteiger partial charge in [-0.3, -0.25) is 19.3 Å². The van der Waals surface area contributed by atoms with E-state index in [1.165, 1.54) is 0 Å². The molecule has 3 heterocycles. The zero-order valence-electron chi connectivity index (χ0n) is 17.5. The van der Waals surface area contributed by atoms with Gasteiger partial charge in [-0.25, -0.2) is 0 Å². The van der Waals surface area contributed by atoms with Crippen LogP contribution < -0.4 is 0 Å². The van der Waals surface area contributed by atoms with Gasteiger partial charge in [0.05, 0.1) is 6.20 Å². The van der Waals surface area contributed by atoms with Crippen LogP contribution in [0.2, 0.25) is 0 Å². The maximum atomic E-state index is 13.2. The van der Waals surface area contributed by atoms with Crippen molar-refractivity contribution in [3.8, 4) is 0 Å². The van der Waals surface area contributed by atoms with Gasteiger partial charge < -0.3 is 9.80 Å². The van der Waals surface area contributed by atoms with Gasteiger partial charge in [0.25, 0.3) is 5.91 Å². The minimum Gasteiger partial charge on any atom is -0.341 e. The lowest BCUT2D eigenvalue weighted by molar-refractivity contribution is -0.132. The van der Waals surface area contributed by atoms with Crippen molar-refractivity contribution in [2.24, 2.45) is 0 Å². The average molecular weight is 406 g/mol. The fourth-order valence-corrected chi connectivity index (χ4v) is 4.13. The normalized spacial score (nSPS) is 17.0. The zero-order chi connectivity index (χ0) is 21.1. The lowest BCUT2D eigenvalue weighted by Crippen LogP contribution is -2.39. The van der Waals surface area contributed by atoms with Crippen LogP contribution in [0.4, 0.5) is 0 Å². The Morgan fingerprint density at radius 3 is 2.80 bits per heavy atom. The first-order valence-corrected chi connectivity index (χ1v) is 10.4. The van der Waals surface area contributed by atoms with Crippen molar-refractivity contribution in [1.82, 2.24) is 24.6 Å². The van der Waals surface area contributed by atoms with Crippen LogP contribution in [-0.2, 0) is 11.3 Å². The molecule has 2 amide bonds. The van der Waals surface area contributed by atoms with Gasteiger partial charge in [0.1, 0.15) is 12.2 Å². The number of hydrogen-bond donors (Lipinski definition) is 0. The molecule has 1 aromatic carbocycles. The molecule has 1 atom stereocenters. The predicted molar refractivity (Wildman–Crippen MR) is 115 cm³/mol. The summed E-state index contributed by atoms with van der Waals surface area (Å²) >= 11 is 0. The minimum atomic E-state index is -0.0661. The Balaban J connectivity index is 1.42. The topological polar surface area (TPSA) is 71.3 Å². The number of fused-ring (bicyclic) bond motifs is 1. The van der Waals surface area contributed by atoms with Crippen LogP contribution in [0, 0.1) is 6.92 Å². The highest BCUT2D eigenvalue weighted by Crippen LogP contribution is 2.22. The number of benzene rings is 1. The van der Waals surface area contributed by atoms with E-state index in [2.05, 4.69) is 10.1 Å². The lowest BCUT2D eigenvalue weighted by Gasteiger charge is -2.27. The molecule has 3 aromatic rings. The summed E-state index contributed by atoms with van der Waals surface area (Å²) in [5, 5.41) is 6.09. The lowest BCUT2D eigenvalue weighted by atomic mass is 10.1. The fraction of sp³-hybridized carbons (Fsp3) is 0.391. The van der Waals surface area contributed by atoms with Crippen molar-refractivity contribution in [1.29, 1.82) is 0 Å². The van der Waals surface area contributed by atoms with E-state index < -0.39 is 0 Å². The Morgan fingerprint density at radius 2 is 2.00 bits per heavy atom. The number of aryl methyl sites for hydroxylation is 1. The summed E-state index contributed by atoms with van der Waals surface area (Å²) in [7, 11) is 1.85. The average Bonchev–Trinajstić information content (AvgIpc) is 3.01. The highest BCUT2D eigenvalue weighted by molar-refractivity contribution is 6.05. The molecule has 1 aliphatic heterocycles. The number of hydrogen-bond acceptors (Lipinski definition) is 4. The molecule has 1 fully saturated rings. The molecule has 0 spiro atoms. The molecule has 0 aliphatic carbocycles. The number of likely N-dealkylation sites (tertiary alicyclic amines) is 1. The van der Waals surface area contributed by atoms with Crippen molar-refractivity contribution in [3.63, 3.8) is 0 Å². The van der Waals surface area contributed by atoms with Gasteiger partial charge in [-0.05, 0) is 43.2 Å². The molecule has 0 saturated carbocycles. The van der Waals surface area contributed by atoms with Gasteiger partial charge in [-0.1, -0.05) is 24.3 Å². The van der Waals surface area contributed by atoms with E-state index in [1.54, 1.807) is 22.0 Å². The van der Waals surface area contributed by atoms with E-state index in [0.29, 0.717) is 18.8 Å². The van der Waals surface area contributed by atoms with Crippen molar-refractivity contribution in [3.05, 3.63) is 60.2 Å². The molecule has 0 unspecified atom stereocenters. The standard InChI is InChI=1S/C23H27N5O2/c1-17-14-25-28(15-17)16-21(29)27-12-5-7-19(10-13-27)26(2)23(30)22-20-8-4-3-6-18(20)9-11-24-22/h3-4,6,8-9,11,14-15,19H,5,7,10,12-13,16H2,1-2H3/t19-/m1/s1. The first kappa shape index (κ1) is 20.1. The molecule has 156 valence electrons. The quantitative estimate of drug-likeness (QED) is 0.669. The molecule has 0 N–H and O–H groups in total. The van der Waals surface area contributed by atoms with E-state index in [1.807, 2.05) is 55.4 Å². The van der Waals surface area contributed by atoms with Crippen LogP contribution in [0.25, 0.3) is 10.8 Å². The third kappa shape index (κ3) is 4.20. The Labute approximate surface area is 176 Å². The molecule has 7 heteroatoms. The second-order valence-electron chi connectivity index (χ2n) is 7.98. The molecule has 0 bridgehead atoms. The summed E-state index contributed by atoms with van der Waals surface area (Å²) in [4.78, 5) is 34.0. The van der Waals surface area contributed by atoms with Gasteiger partial charge >= 0.3 is 0 Å². The predicted octanol–water partition coefficient (Wildman–Crippen LogP) is 2.89. The monoisotopic (exact) mass is 405 g/mol. The number of rotatable bonds is 4. The maximum Gasteiger partial charge on any atom is 0.273 e. The van der Waals surface area contributed by atoms with Crippen molar-refractivity contribution in [2.75, 3.05) is 20.1 Å². The van der Waals surface area contributed by atoms with Crippen molar-refractivity contribution < 1.29 is 9.59 Å². The van der Waals surface area contributed by atoms with E-state index in [9.17, 15) is 9.59 Å². The van der Waals surface area contributed by atoms with Crippen LogP contribution in [0.15, 0.2) is 48.9 Å². The second-order valence-corrected chi connectivity index (χ2v) is 7.98. The summed E-state index contributed by atoms with van der Waals surface area (Å²) in [6.07, 6.45) is 7.83. The Kier molecular flexibility index (Phi) is 5.79. The SMILES string of the molecule is Cc1cnn(CC(=O)N2CCC[C@@H](N(C)C(=O)c3nccc4ccccc34)CC2)c1. The van der Waals surface area contributed by atoms with Crippen molar-refractivity contribution >= 4 is 22.6 Å². The van der Waals surface area contributed by atoms with E-state index in [-0.39, 0.29) is 24.4 Å². The maximum absolute atomic E-state index is 13.2. The van der Waals surface area contributed by atoms with Crippen LogP contribution in [-0.4, -0.2) is 62.6 Å². The Hall–Kier alpha value is -3.22. The largest absolute Gasteiger partial charge is 0.341 e. The van der Waals surface area contributed by atoms with Crippen LogP contribution in [0.3, 0.4) is 0 Å². The van der Waals surface area contributed by atoms with E-state index in [4.69, 9.17) is 0 Å². The number of carbonyl (C=O) groups excluding carboxylic acids is 2. The van der Waals surface area contributed by atoms with Crippen LogP contribution in [0.1, 0.15) is 35.3 Å². The summed E-state index contributed by atoms with van der Waals surface area (Å²) in [6.45, 7) is 3.57. The molecular weight excluding hydrogens is 378 g/mol. The molecule has 7 nitrogen and oxygen atoms in total. The number of pyridine rings is 1. The number of carbonyl (C=O) groups is 2. The van der Waals surface area contributed by atoms with Crippen molar-refractivity contribution in [2.45, 2.75) is 38.8 Å². The summed E-state index contributed by atoms with van der Waals surface area (Å²) in [6, 6.07) is 9.82. The number of nitrogens with zero attached hydrogens (tertiary/aromatic N) is 5. The third-order valence-corrected chi connectivity index (χ3v) is 5.85. The zero-order valence-corrected chi connectivity index (χ0v) is 17.5. The van der Waals surface area contributed by atoms with E-state index >= 15 is 0 Å². The summed E-state index contributed by atoms with van der Waals surface area (Å²) in [5.41, 5.74) is 1.53. The second kappa shape index (κ2) is 8.65. The van der Waals surface area contributed by atoms with Crippen LogP contribution >= 0.6 is 0 Å². The molecule has 1 aliphatic rings. The van der Waals surface area contributed by atoms with Gasteiger partial charge in [0, 0.05) is 44.0 Å². The van der Waals surface area contributed by atoms with Crippen LogP contribution in [0.5, 0.6) is 0 Å². The van der Waals surface area contributed by atoms with Gasteiger partial charge in [-0.15, -0.1) is 0 Å². The smallest absolute Gasteiger partial charge is 0.273 e. The molecule has 1 saturated heterocycles. The summed E-state index contributed by atoms with van der Waals surface area (Å²) < 4.78 is 1.68. The Bertz CT molecular complexity index is 1060. The van der Waals surface area contributed by atoms with Gasteiger partial charge in [0.15, 0.2) is 0 Å². The molecule has 0 radical (unpaired) electrons. The molecular formula is C23H27N5O2. The summed E-state index contributed by atoms with van der Waals surface area (Å²) in [5.74, 6) is 0.00652. The fourth-order valence-electron chi connectivity index (χ4n) is 4.13. The first-order valence-electron chi connectivity index (χ1n) is 10.4. The molecule has 2 aromatic heterocycles. The molecule has 4 rings (SSSR count). The number of aromatic nitrogens is 3. The highest BCUT2D eigenvalue weighted by Gasteiger charge is 2.27. The Morgan fingerprint density at radius 1 is 1.17 bits per heavy atom. The minimum absolute atomic E-state index is 0.0661.